The molecule has 24 heavy (non-hydrogen) atoms. The first-order chi connectivity index (χ1) is 11.5. The van der Waals surface area contributed by atoms with Crippen molar-refractivity contribution in [3.05, 3.63) is 42.5 Å². The second kappa shape index (κ2) is 7.02. The van der Waals surface area contributed by atoms with Crippen LogP contribution >= 0.6 is 0 Å². The molecule has 128 valence electrons. The molecule has 0 amide bonds. The van der Waals surface area contributed by atoms with Crippen molar-refractivity contribution < 1.29 is 17.9 Å². The van der Waals surface area contributed by atoms with Gasteiger partial charge in [0.05, 0.1) is 6.61 Å². The van der Waals surface area contributed by atoms with E-state index in [1.54, 1.807) is 29.4 Å². The number of hydrogen-bond donors (Lipinski definition) is 0. The van der Waals surface area contributed by atoms with E-state index in [1.807, 2.05) is 0 Å². The highest BCUT2D eigenvalue weighted by Crippen LogP contribution is 2.29. The van der Waals surface area contributed by atoms with E-state index in [0.29, 0.717) is 25.6 Å². The summed E-state index contributed by atoms with van der Waals surface area (Å²) in [7, 11) is 0. The van der Waals surface area contributed by atoms with Gasteiger partial charge in [-0.2, -0.15) is 13.2 Å². The van der Waals surface area contributed by atoms with E-state index < -0.39 is 11.9 Å². The largest absolute Gasteiger partial charge is 0.493 e. The van der Waals surface area contributed by atoms with E-state index in [2.05, 4.69) is 15.0 Å². The number of rotatable bonds is 4. The Morgan fingerprint density at radius 1 is 1.08 bits per heavy atom. The molecule has 0 aromatic carbocycles. The number of alkyl halides is 3. The van der Waals surface area contributed by atoms with Crippen molar-refractivity contribution in [3.8, 4) is 5.75 Å². The topological polar surface area (TPSA) is 51.1 Å². The van der Waals surface area contributed by atoms with Gasteiger partial charge in [0.2, 0.25) is 5.95 Å². The minimum absolute atomic E-state index is 0.137. The number of nitrogens with zero attached hydrogens (tertiary/aromatic N) is 4. The third kappa shape index (κ3) is 4.12. The van der Waals surface area contributed by atoms with Gasteiger partial charge in [0.25, 0.3) is 0 Å². The number of pyridine rings is 1. The Hall–Kier alpha value is -2.38. The standard InChI is InChI=1S/C16H17F3N4O/c17-16(18,19)14-3-8-21-15(22-14)23-9-4-12(5-10-23)11-24-13-1-6-20-7-2-13/h1-3,6-8,12H,4-5,9-11H2. The SMILES string of the molecule is FC(F)(F)c1ccnc(N2CCC(COc3ccncc3)CC2)n1. The van der Waals surface area contributed by atoms with Gasteiger partial charge in [0.15, 0.2) is 0 Å². The van der Waals surface area contributed by atoms with Gasteiger partial charge in [-0.05, 0) is 37.0 Å². The molecule has 1 aliphatic rings. The van der Waals surface area contributed by atoms with Gasteiger partial charge in [-0.15, -0.1) is 0 Å². The molecular formula is C16H17F3N4O. The third-order valence-electron chi connectivity index (χ3n) is 3.97. The van der Waals surface area contributed by atoms with Gasteiger partial charge in [0.1, 0.15) is 11.4 Å². The molecule has 3 rings (SSSR count). The van der Waals surface area contributed by atoms with Gasteiger partial charge >= 0.3 is 6.18 Å². The fraction of sp³-hybridized carbons (Fsp3) is 0.438. The van der Waals surface area contributed by atoms with Crippen molar-refractivity contribution in [3.63, 3.8) is 0 Å². The van der Waals surface area contributed by atoms with Crippen LogP contribution in [-0.2, 0) is 6.18 Å². The van der Waals surface area contributed by atoms with Gasteiger partial charge in [-0.3, -0.25) is 4.98 Å². The molecule has 0 N–H and O–H groups in total. The van der Waals surface area contributed by atoms with Crippen molar-refractivity contribution in [2.45, 2.75) is 19.0 Å². The predicted molar refractivity (Wildman–Crippen MR) is 81.7 cm³/mol. The second-order valence-electron chi connectivity index (χ2n) is 5.66. The Kier molecular flexibility index (Phi) is 4.82. The van der Waals surface area contributed by atoms with E-state index >= 15 is 0 Å². The average molecular weight is 338 g/mol. The molecule has 8 heteroatoms. The summed E-state index contributed by atoms with van der Waals surface area (Å²) in [6.07, 6.45) is 1.69. The fourth-order valence-corrected chi connectivity index (χ4v) is 2.61. The van der Waals surface area contributed by atoms with E-state index in [9.17, 15) is 13.2 Å². The maximum Gasteiger partial charge on any atom is 0.433 e. The Balaban J connectivity index is 1.53. The molecule has 0 atom stereocenters. The van der Waals surface area contributed by atoms with Crippen LogP contribution in [0.3, 0.4) is 0 Å². The summed E-state index contributed by atoms with van der Waals surface area (Å²) in [5.41, 5.74) is -0.907. The van der Waals surface area contributed by atoms with Gasteiger partial charge in [-0.1, -0.05) is 0 Å². The molecule has 1 aliphatic heterocycles. The average Bonchev–Trinajstić information content (AvgIpc) is 2.61. The zero-order valence-corrected chi connectivity index (χ0v) is 12.9. The Labute approximate surface area is 137 Å². The van der Waals surface area contributed by atoms with Crippen molar-refractivity contribution in [2.75, 3.05) is 24.6 Å². The lowest BCUT2D eigenvalue weighted by Crippen LogP contribution is -2.36. The molecule has 0 saturated carbocycles. The molecule has 1 fully saturated rings. The highest BCUT2D eigenvalue weighted by molar-refractivity contribution is 5.31. The second-order valence-corrected chi connectivity index (χ2v) is 5.66. The summed E-state index contributed by atoms with van der Waals surface area (Å²) in [5, 5.41) is 0. The van der Waals surface area contributed by atoms with Crippen LogP contribution in [0.15, 0.2) is 36.8 Å². The maximum absolute atomic E-state index is 12.7. The van der Waals surface area contributed by atoms with E-state index in [1.165, 1.54) is 0 Å². The van der Waals surface area contributed by atoms with Crippen molar-refractivity contribution >= 4 is 5.95 Å². The van der Waals surface area contributed by atoms with Crippen LogP contribution in [0.2, 0.25) is 0 Å². The highest BCUT2D eigenvalue weighted by Gasteiger charge is 2.33. The predicted octanol–water partition coefficient (Wildman–Crippen LogP) is 3.19. The minimum Gasteiger partial charge on any atom is -0.493 e. The number of ether oxygens (including phenoxy) is 1. The minimum atomic E-state index is -4.45. The highest BCUT2D eigenvalue weighted by atomic mass is 19.4. The van der Waals surface area contributed by atoms with Gasteiger partial charge < -0.3 is 9.64 Å². The van der Waals surface area contributed by atoms with Crippen LogP contribution in [0, 0.1) is 5.92 Å². The molecule has 0 unspecified atom stereocenters. The van der Waals surface area contributed by atoms with Crippen molar-refractivity contribution in [1.82, 2.24) is 15.0 Å². The molecule has 0 radical (unpaired) electrons. The molecule has 0 spiro atoms. The molecule has 5 nitrogen and oxygen atoms in total. The molecule has 0 bridgehead atoms. The van der Waals surface area contributed by atoms with Crippen LogP contribution < -0.4 is 9.64 Å². The van der Waals surface area contributed by atoms with Crippen LogP contribution in [-0.4, -0.2) is 34.6 Å². The summed E-state index contributed by atoms with van der Waals surface area (Å²) in [4.78, 5) is 13.3. The van der Waals surface area contributed by atoms with E-state index in [4.69, 9.17) is 4.74 Å². The van der Waals surface area contributed by atoms with Crippen molar-refractivity contribution in [2.24, 2.45) is 5.92 Å². The Morgan fingerprint density at radius 3 is 2.46 bits per heavy atom. The Bertz CT molecular complexity index is 658. The summed E-state index contributed by atoms with van der Waals surface area (Å²) >= 11 is 0. The van der Waals surface area contributed by atoms with Crippen LogP contribution in [0.4, 0.5) is 19.1 Å². The van der Waals surface area contributed by atoms with Crippen LogP contribution in [0.25, 0.3) is 0 Å². The van der Waals surface area contributed by atoms with E-state index in [-0.39, 0.29) is 5.95 Å². The lowest BCUT2D eigenvalue weighted by Gasteiger charge is -2.32. The summed E-state index contributed by atoms with van der Waals surface area (Å²) in [6, 6.07) is 4.48. The molecular weight excluding hydrogens is 321 g/mol. The van der Waals surface area contributed by atoms with Gasteiger partial charge in [-0.25, -0.2) is 9.97 Å². The summed E-state index contributed by atoms with van der Waals surface area (Å²) in [6.45, 7) is 1.82. The quantitative estimate of drug-likeness (QED) is 0.857. The zero-order valence-electron chi connectivity index (χ0n) is 12.9. The first kappa shape index (κ1) is 16.5. The first-order valence-electron chi connectivity index (χ1n) is 7.70. The first-order valence-corrected chi connectivity index (χ1v) is 7.70. The molecule has 2 aromatic rings. The monoisotopic (exact) mass is 338 g/mol. The number of halogens is 3. The fourth-order valence-electron chi connectivity index (χ4n) is 2.61. The number of hydrogen-bond acceptors (Lipinski definition) is 5. The summed E-state index contributed by atoms with van der Waals surface area (Å²) < 4.78 is 43.9. The molecule has 1 saturated heterocycles. The van der Waals surface area contributed by atoms with E-state index in [0.717, 1.165) is 30.9 Å². The summed E-state index contributed by atoms with van der Waals surface area (Å²) in [5.74, 6) is 1.27. The lowest BCUT2D eigenvalue weighted by atomic mass is 9.98. The smallest absolute Gasteiger partial charge is 0.433 e. The van der Waals surface area contributed by atoms with Crippen molar-refractivity contribution in [1.29, 1.82) is 0 Å². The molecule has 0 aliphatic carbocycles. The normalized spacial score (nSPS) is 16.2. The molecule has 3 heterocycles. The van der Waals surface area contributed by atoms with Crippen LogP contribution in [0.1, 0.15) is 18.5 Å². The Morgan fingerprint density at radius 2 is 1.79 bits per heavy atom. The maximum atomic E-state index is 12.7. The van der Waals surface area contributed by atoms with Crippen LogP contribution in [0.5, 0.6) is 5.75 Å². The third-order valence-corrected chi connectivity index (χ3v) is 3.97. The molecule has 2 aromatic heterocycles. The van der Waals surface area contributed by atoms with Gasteiger partial charge in [0, 0.05) is 31.7 Å². The lowest BCUT2D eigenvalue weighted by molar-refractivity contribution is -0.141. The number of piperidine rings is 1. The number of aromatic nitrogens is 3. The number of anilines is 1. The zero-order chi connectivity index (χ0) is 17.0.